The standard InChI is InChI=1S/C10H8N2OS/c13-10-6-7-11-8-12(10)14-9-4-2-1-3-5-9/h1-8H. The zero-order valence-corrected chi connectivity index (χ0v) is 8.15. The summed E-state index contributed by atoms with van der Waals surface area (Å²) in [4.78, 5) is 16.2. The van der Waals surface area contributed by atoms with E-state index in [9.17, 15) is 4.79 Å². The molecule has 0 spiro atoms. The molecule has 0 aliphatic carbocycles. The molecule has 1 aromatic heterocycles. The molecule has 0 saturated heterocycles. The second-order valence-electron chi connectivity index (χ2n) is 2.65. The van der Waals surface area contributed by atoms with Crippen LogP contribution in [0.2, 0.25) is 0 Å². The molecule has 14 heavy (non-hydrogen) atoms. The van der Waals surface area contributed by atoms with Crippen LogP contribution in [-0.4, -0.2) is 8.96 Å². The van der Waals surface area contributed by atoms with E-state index in [4.69, 9.17) is 0 Å². The smallest absolute Gasteiger partial charge is 0.263 e. The normalized spacial score (nSPS) is 10.0. The zero-order chi connectivity index (χ0) is 9.80. The molecule has 0 bridgehead atoms. The van der Waals surface area contributed by atoms with Gasteiger partial charge in [-0.15, -0.1) is 0 Å². The maximum Gasteiger partial charge on any atom is 0.263 e. The van der Waals surface area contributed by atoms with Gasteiger partial charge in [-0.05, 0) is 24.1 Å². The van der Waals surface area contributed by atoms with Crippen molar-refractivity contribution >= 4 is 11.9 Å². The molecule has 0 aliphatic heterocycles. The van der Waals surface area contributed by atoms with Crippen molar-refractivity contribution in [3.05, 3.63) is 59.3 Å². The number of aromatic nitrogens is 2. The van der Waals surface area contributed by atoms with Crippen molar-refractivity contribution in [2.75, 3.05) is 0 Å². The van der Waals surface area contributed by atoms with E-state index in [1.54, 1.807) is 0 Å². The second kappa shape index (κ2) is 4.11. The van der Waals surface area contributed by atoms with E-state index in [1.165, 1.54) is 34.5 Å². The van der Waals surface area contributed by atoms with E-state index in [2.05, 4.69) is 4.98 Å². The fourth-order valence-electron chi connectivity index (χ4n) is 1.000. The van der Waals surface area contributed by atoms with Crippen LogP contribution >= 0.6 is 11.9 Å². The van der Waals surface area contributed by atoms with Gasteiger partial charge in [0.1, 0.15) is 6.33 Å². The molecule has 1 heterocycles. The Kier molecular flexibility index (Phi) is 2.65. The topological polar surface area (TPSA) is 34.9 Å². The second-order valence-corrected chi connectivity index (χ2v) is 3.70. The van der Waals surface area contributed by atoms with Gasteiger partial charge in [-0.25, -0.2) is 8.96 Å². The van der Waals surface area contributed by atoms with Gasteiger partial charge in [-0.3, -0.25) is 4.79 Å². The van der Waals surface area contributed by atoms with Crippen LogP contribution in [0.15, 0.2) is 58.6 Å². The first-order chi connectivity index (χ1) is 6.86. The molecular formula is C10H8N2OS. The quantitative estimate of drug-likeness (QED) is 0.748. The van der Waals surface area contributed by atoms with Gasteiger partial charge in [0.25, 0.3) is 5.56 Å². The van der Waals surface area contributed by atoms with Gasteiger partial charge >= 0.3 is 0 Å². The van der Waals surface area contributed by atoms with Crippen molar-refractivity contribution in [2.24, 2.45) is 0 Å². The Balaban J connectivity index is 2.28. The minimum absolute atomic E-state index is 0.0612. The third-order valence-corrected chi connectivity index (χ3v) is 2.59. The third kappa shape index (κ3) is 2.03. The summed E-state index contributed by atoms with van der Waals surface area (Å²) < 4.78 is 1.50. The Morgan fingerprint density at radius 2 is 1.93 bits per heavy atom. The predicted molar refractivity (Wildman–Crippen MR) is 56.2 cm³/mol. The Morgan fingerprint density at radius 1 is 1.14 bits per heavy atom. The van der Waals surface area contributed by atoms with Crippen molar-refractivity contribution in [3.8, 4) is 0 Å². The molecule has 0 amide bonds. The molecule has 1 aromatic carbocycles. The average Bonchev–Trinajstić information content (AvgIpc) is 2.23. The molecule has 0 unspecified atom stereocenters. The molecule has 2 aromatic rings. The first kappa shape index (κ1) is 9.02. The molecular weight excluding hydrogens is 196 g/mol. The summed E-state index contributed by atoms with van der Waals surface area (Å²) in [6.07, 6.45) is 3.00. The number of benzene rings is 1. The Morgan fingerprint density at radius 3 is 2.64 bits per heavy atom. The third-order valence-electron chi connectivity index (χ3n) is 1.64. The van der Waals surface area contributed by atoms with Gasteiger partial charge in [0.05, 0.1) is 0 Å². The molecule has 0 fully saturated rings. The largest absolute Gasteiger partial charge is 0.268 e. The van der Waals surface area contributed by atoms with Gasteiger partial charge < -0.3 is 0 Å². The van der Waals surface area contributed by atoms with Gasteiger partial charge in [-0.2, -0.15) is 0 Å². The first-order valence-corrected chi connectivity index (χ1v) is 4.90. The Hall–Kier alpha value is -1.55. The highest BCUT2D eigenvalue weighted by Crippen LogP contribution is 2.16. The van der Waals surface area contributed by atoms with E-state index in [1.807, 2.05) is 30.3 Å². The lowest BCUT2D eigenvalue weighted by molar-refractivity contribution is 1.05. The molecule has 2 rings (SSSR count). The van der Waals surface area contributed by atoms with Crippen LogP contribution in [0.3, 0.4) is 0 Å². The fourth-order valence-corrected chi connectivity index (χ4v) is 1.76. The van der Waals surface area contributed by atoms with Crippen LogP contribution in [0.4, 0.5) is 0 Å². The maximum atomic E-state index is 11.3. The number of hydrogen-bond donors (Lipinski definition) is 0. The van der Waals surface area contributed by atoms with Gasteiger partial charge in [0.2, 0.25) is 0 Å². The van der Waals surface area contributed by atoms with Gasteiger partial charge in [0, 0.05) is 17.2 Å². The Bertz CT molecular complexity index is 467. The van der Waals surface area contributed by atoms with Crippen LogP contribution in [0.25, 0.3) is 0 Å². The SMILES string of the molecule is O=c1ccncn1Sc1ccccc1. The number of nitrogens with zero attached hydrogens (tertiary/aromatic N) is 2. The Labute approximate surface area is 85.6 Å². The van der Waals surface area contributed by atoms with E-state index >= 15 is 0 Å². The van der Waals surface area contributed by atoms with Crippen LogP contribution < -0.4 is 5.56 Å². The molecule has 0 saturated carbocycles. The minimum Gasteiger partial charge on any atom is -0.268 e. The van der Waals surface area contributed by atoms with Crippen molar-refractivity contribution in [1.82, 2.24) is 8.96 Å². The zero-order valence-electron chi connectivity index (χ0n) is 7.33. The maximum absolute atomic E-state index is 11.3. The molecule has 4 heteroatoms. The molecule has 0 N–H and O–H groups in total. The first-order valence-electron chi connectivity index (χ1n) is 4.12. The van der Waals surface area contributed by atoms with Crippen molar-refractivity contribution < 1.29 is 0 Å². The molecule has 0 radical (unpaired) electrons. The van der Waals surface area contributed by atoms with Gasteiger partial charge in [0.15, 0.2) is 0 Å². The van der Waals surface area contributed by atoms with E-state index in [0.29, 0.717) is 0 Å². The summed E-state index contributed by atoms with van der Waals surface area (Å²) in [6, 6.07) is 11.1. The van der Waals surface area contributed by atoms with Crippen LogP contribution in [0.1, 0.15) is 0 Å². The van der Waals surface area contributed by atoms with Crippen LogP contribution in [0, 0.1) is 0 Å². The predicted octanol–water partition coefficient (Wildman–Crippen LogP) is 1.80. The highest BCUT2D eigenvalue weighted by Gasteiger charge is 1.96. The fraction of sp³-hybridized carbons (Fsp3) is 0. The highest BCUT2D eigenvalue weighted by atomic mass is 32.2. The summed E-state index contributed by atoms with van der Waals surface area (Å²) >= 11 is 1.36. The van der Waals surface area contributed by atoms with Crippen molar-refractivity contribution in [1.29, 1.82) is 0 Å². The van der Waals surface area contributed by atoms with E-state index in [0.717, 1.165) is 4.90 Å². The molecule has 3 nitrogen and oxygen atoms in total. The monoisotopic (exact) mass is 204 g/mol. The average molecular weight is 204 g/mol. The lowest BCUT2D eigenvalue weighted by Crippen LogP contribution is -2.12. The number of hydrogen-bond acceptors (Lipinski definition) is 3. The summed E-state index contributed by atoms with van der Waals surface area (Å²) in [5, 5.41) is 0. The lowest BCUT2D eigenvalue weighted by Gasteiger charge is -2.01. The summed E-state index contributed by atoms with van der Waals surface area (Å²) in [5.74, 6) is 0. The van der Waals surface area contributed by atoms with Gasteiger partial charge in [-0.1, -0.05) is 18.2 Å². The summed E-state index contributed by atoms with van der Waals surface area (Å²) in [6.45, 7) is 0. The van der Waals surface area contributed by atoms with E-state index < -0.39 is 0 Å². The molecule has 70 valence electrons. The summed E-state index contributed by atoms with van der Waals surface area (Å²) in [5.41, 5.74) is -0.0612. The van der Waals surface area contributed by atoms with Crippen molar-refractivity contribution in [2.45, 2.75) is 4.90 Å². The lowest BCUT2D eigenvalue weighted by atomic mass is 10.4. The molecule has 0 aliphatic rings. The molecule has 0 atom stereocenters. The summed E-state index contributed by atoms with van der Waals surface area (Å²) in [7, 11) is 0. The van der Waals surface area contributed by atoms with E-state index in [-0.39, 0.29) is 5.56 Å². The highest BCUT2D eigenvalue weighted by molar-refractivity contribution is 7.97. The van der Waals surface area contributed by atoms with Crippen LogP contribution in [0.5, 0.6) is 0 Å². The number of rotatable bonds is 2. The van der Waals surface area contributed by atoms with Crippen molar-refractivity contribution in [3.63, 3.8) is 0 Å². The van der Waals surface area contributed by atoms with Crippen LogP contribution in [-0.2, 0) is 0 Å². The minimum atomic E-state index is -0.0612.